The molecule has 0 spiro atoms. The summed E-state index contributed by atoms with van der Waals surface area (Å²) in [5.41, 5.74) is 0.972. The van der Waals surface area contributed by atoms with Gasteiger partial charge in [-0.1, -0.05) is 30.3 Å². The van der Waals surface area contributed by atoms with E-state index in [1.807, 2.05) is 30.3 Å². The van der Waals surface area contributed by atoms with Crippen molar-refractivity contribution in [3.63, 3.8) is 0 Å². The van der Waals surface area contributed by atoms with Crippen molar-refractivity contribution in [1.82, 2.24) is 5.32 Å². The van der Waals surface area contributed by atoms with Crippen LogP contribution in [-0.4, -0.2) is 11.0 Å². The van der Waals surface area contributed by atoms with E-state index in [4.69, 9.17) is 5.11 Å². The summed E-state index contributed by atoms with van der Waals surface area (Å²) >= 11 is 0. The van der Waals surface area contributed by atoms with Gasteiger partial charge in [-0.15, -0.1) is 0 Å². The molecule has 0 aliphatic carbocycles. The highest BCUT2D eigenvalue weighted by Gasteiger charge is 2.22. The first-order valence-corrected chi connectivity index (χ1v) is 4.04. The van der Waals surface area contributed by atoms with Crippen LogP contribution in [-0.2, 0) is 4.79 Å². The minimum absolute atomic E-state index is 0.186. The fourth-order valence-corrected chi connectivity index (χ4v) is 1.33. The van der Waals surface area contributed by atoms with E-state index in [2.05, 4.69) is 5.32 Å². The Morgan fingerprint density at radius 1 is 1.23 bits per heavy atom. The molecule has 2 rings (SSSR count). The SMILES string of the molecule is O=C1NC(c2ccccc2)C=C1O. The molecule has 66 valence electrons. The van der Waals surface area contributed by atoms with Gasteiger partial charge in [0, 0.05) is 0 Å². The number of aliphatic hydroxyl groups is 1. The van der Waals surface area contributed by atoms with Gasteiger partial charge in [-0.25, -0.2) is 0 Å². The van der Waals surface area contributed by atoms with E-state index in [-0.39, 0.29) is 11.8 Å². The van der Waals surface area contributed by atoms with Crippen LogP contribution < -0.4 is 5.32 Å². The second-order valence-electron chi connectivity index (χ2n) is 2.91. The molecule has 1 aromatic rings. The lowest BCUT2D eigenvalue weighted by atomic mass is 10.1. The van der Waals surface area contributed by atoms with Gasteiger partial charge in [0.1, 0.15) is 0 Å². The van der Waals surface area contributed by atoms with Crippen molar-refractivity contribution in [3.8, 4) is 0 Å². The summed E-state index contributed by atoms with van der Waals surface area (Å²) in [5, 5.41) is 11.7. The van der Waals surface area contributed by atoms with Gasteiger partial charge < -0.3 is 10.4 Å². The van der Waals surface area contributed by atoms with Crippen LogP contribution in [0.5, 0.6) is 0 Å². The minimum atomic E-state index is -0.408. The van der Waals surface area contributed by atoms with Crippen LogP contribution in [0, 0.1) is 0 Å². The van der Waals surface area contributed by atoms with Crippen LogP contribution in [0.25, 0.3) is 0 Å². The van der Waals surface area contributed by atoms with Crippen molar-refractivity contribution in [2.45, 2.75) is 6.04 Å². The minimum Gasteiger partial charge on any atom is -0.503 e. The summed E-state index contributed by atoms with van der Waals surface area (Å²) in [6.45, 7) is 0. The number of carbonyl (C=O) groups excluding carboxylic acids is 1. The Morgan fingerprint density at radius 3 is 2.46 bits per heavy atom. The van der Waals surface area contributed by atoms with Gasteiger partial charge in [0.15, 0.2) is 5.76 Å². The van der Waals surface area contributed by atoms with Crippen molar-refractivity contribution in [2.75, 3.05) is 0 Å². The maximum absolute atomic E-state index is 10.9. The van der Waals surface area contributed by atoms with E-state index >= 15 is 0 Å². The maximum atomic E-state index is 10.9. The summed E-state index contributed by atoms with van der Waals surface area (Å²) in [6.07, 6.45) is 1.51. The smallest absolute Gasteiger partial charge is 0.286 e. The van der Waals surface area contributed by atoms with Crippen molar-refractivity contribution in [3.05, 3.63) is 47.7 Å². The van der Waals surface area contributed by atoms with E-state index in [1.165, 1.54) is 6.08 Å². The highest BCUT2D eigenvalue weighted by Crippen LogP contribution is 2.19. The number of amides is 1. The first-order chi connectivity index (χ1) is 6.27. The molecule has 3 nitrogen and oxygen atoms in total. The van der Waals surface area contributed by atoms with Gasteiger partial charge in [0.2, 0.25) is 0 Å². The molecule has 0 fully saturated rings. The summed E-state index contributed by atoms with van der Waals surface area (Å²) in [5.74, 6) is -0.609. The molecular formula is C10H9NO2. The Hall–Kier alpha value is -1.77. The van der Waals surface area contributed by atoms with Gasteiger partial charge in [-0.05, 0) is 11.6 Å². The number of hydrogen-bond donors (Lipinski definition) is 2. The van der Waals surface area contributed by atoms with Gasteiger partial charge in [-0.2, -0.15) is 0 Å². The zero-order valence-corrected chi connectivity index (χ0v) is 6.90. The van der Waals surface area contributed by atoms with Crippen molar-refractivity contribution >= 4 is 5.91 Å². The second-order valence-corrected chi connectivity index (χ2v) is 2.91. The van der Waals surface area contributed by atoms with Crippen molar-refractivity contribution in [2.24, 2.45) is 0 Å². The molecule has 0 bridgehead atoms. The topological polar surface area (TPSA) is 49.3 Å². The molecule has 13 heavy (non-hydrogen) atoms. The van der Waals surface area contributed by atoms with E-state index in [0.29, 0.717) is 0 Å². The lowest BCUT2D eigenvalue weighted by molar-refractivity contribution is -0.119. The standard InChI is InChI=1S/C10H9NO2/c12-9-6-8(11-10(9)13)7-4-2-1-3-5-7/h1-6,8,12H,(H,11,13). The number of nitrogens with one attached hydrogen (secondary N) is 1. The van der Waals surface area contributed by atoms with E-state index < -0.39 is 5.91 Å². The molecule has 1 aliphatic heterocycles. The number of rotatable bonds is 1. The van der Waals surface area contributed by atoms with Crippen molar-refractivity contribution < 1.29 is 9.90 Å². The van der Waals surface area contributed by atoms with Crippen LogP contribution in [0.2, 0.25) is 0 Å². The Balaban J connectivity index is 2.27. The highest BCUT2D eigenvalue weighted by atomic mass is 16.3. The lowest BCUT2D eigenvalue weighted by Crippen LogP contribution is -2.21. The third-order valence-electron chi connectivity index (χ3n) is 2.00. The first kappa shape index (κ1) is 7.86. The number of carbonyl (C=O) groups is 1. The largest absolute Gasteiger partial charge is 0.503 e. The van der Waals surface area contributed by atoms with Gasteiger partial charge in [0.25, 0.3) is 5.91 Å². The molecule has 0 saturated carbocycles. The summed E-state index contributed by atoms with van der Waals surface area (Å²) in [4.78, 5) is 10.9. The predicted octanol–water partition coefficient (Wildman–Crippen LogP) is 1.30. The van der Waals surface area contributed by atoms with Gasteiger partial charge >= 0.3 is 0 Å². The van der Waals surface area contributed by atoms with E-state index in [1.54, 1.807) is 0 Å². The van der Waals surface area contributed by atoms with Gasteiger partial charge in [-0.3, -0.25) is 4.79 Å². The van der Waals surface area contributed by atoms with E-state index in [0.717, 1.165) is 5.56 Å². The Kier molecular flexibility index (Phi) is 1.77. The normalized spacial score (nSPS) is 21.1. The van der Waals surface area contributed by atoms with Crippen LogP contribution in [0.15, 0.2) is 42.2 Å². The molecule has 1 amide bonds. The predicted molar refractivity (Wildman–Crippen MR) is 48.0 cm³/mol. The summed E-state index contributed by atoms with van der Waals surface area (Å²) < 4.78 is 0. The van der Waals surface area contributed by atoms with Crippen LogP contribution in [0.3, 0.4) is 0 Å². The Morgan fingerprint density at radius 2 is 1.92 bits per heavy atom. The first-order valence-electron chi connectivity index (χ1n) is 4.04. The fourth-order valence-electron chi connectivity index (χ4n) is 1.33. The maximum Gasteiger partial charge on any atom is 0.286 e. The Labute approximate surface area is 75.7 Å². The average Bonchev–Trinajstić information content (AvgIpc) is 2.49. The summed E-state index contributed by atoms with van der Waals surface area (Å²) in [7, 11) is 0. The number of hydrogen-bond acceptors (Lipinski definition) is 2. The zero-order chi connectivity index (χ0) is 9.26. The fraction of sp³-hybridized carbons (Fsp3) is 0.100. The number of benzene rings is 1. The van der Waals surface area contributed by atoms with Crippen LogP contribution in [0.1, 0.15) is 11.6 Å². The van der Waals surface area contributed by atoms with Crippen molar-refractivity contribution in [1.29, 1.82) is 0 Å². The zero-order valence-electron chi connectivity index (χ0n) is 6.90. The average molecular weight is 175 g/mol. The quantitative estimate of drug-likeness (QED) is 0.675. The van der Waals surface area contributed by atoms with Gasteiger partial charge in [0.05, 0.1) is 6.04 Å². The molecule has 1 aromatic carbocycles. The molecule has 0 radical (unpaired) electrons. The van der Waals surface area contributed by atoms with E-state index in [9.17, 15) is 4.79 Å². The molecular weight excluding hydrogens is 166 g/mol. The lowest BCUT2D eigenvalue weighted by Gasteiger charge is -2.07. The molecule has 0 saturated heterocycles. The monoisotopic (exact) mass is 175 g/mol. The summed E-state index contributed by atoms with van der Waals surface area (Å²) in [6, 6.07) is 9.31. The molecule has 3 heteroatoms. The Bertz CT molecular complexity index is 356. The highest BCUT2D eigenvalue weighted by molar-refractivity contribution is 5.94. The molecule has 1 aliphatic rings. The molecule has 1 atom stereocenters. The molecule has 1 unspecified atom stereocenters. The second kappa shape index (κ2) is 2.94. The third-order valence-corrected chi connectivity index (χ3v) is 2.00. The van der Waals surface area contributed by atoms with Crippen LogP contribution >= 0.6 is 0 Å². The molecule has 2 N–H and O–H groups in total. The number of aliphatic hydroxyl groups excluding tert-OH is 1. The third kappa shape index (κ3) is 1.40. The molecule has 1 heterocycles. The molecule has 0 aromatic heterocycles. The van der Waals surface area contributed by atoms with Crippen LogP contribution in [0.4, 0.5) is 0 Å².